The van der Waals surface area contributed by atoms with Gasteiger partial charge in [0.2, 0.25) is 0 Å². The molecule has 3 saturated heterocycles. The van der Waals surface area contributed by atoms with E-state index in [0.29, 0.717) is 31.3 Å². The predicted octanol–water partition coefficient (Wildman–Crippen LogP) is 5.71. The van der Waals surface area contributed by atoms with Gasteiger partial charge in [0, 0.05) is 30.5 Å². The van der Waals surface area contributed by atoms with Gasteiger partial charge >= 0.3 is 0 Å². The maximum absolute atomic E-state index is 7.55. The monoisotopic (exact) mass is 724 g/mol. The minimum absolute atomic E-state index is 0.0943. The number of aromatic nitrogens is 7. The lowest BCUT2D eigenvalue weighted by atomic mass is 9.53. The van der Waals surface area contributed by atoms with Crippen LogP contribution in [0.4, 0.5) is 5.69 Å². The maximum atomic E-state index is 7.55. The minimum Gasteiger partial charge on any atom is -0.407 e. The molecule has 3 aromatic carbocycles. The average Bonchev–Trinajstić information content (AvgIpc) is 3.99. The van der Waals surface area contributed by atoms with Crippen molar-refractivity contribution in [2.75, 3.05) is 31.2 Å². The van der Waals surface area contributed by atoms with E-state index in [4.69, 9.17) is 24.3 Å². The van der Waals surface area contributed by atoms with Gasteiger partial charge in [-0.15, -0.1) is 15.3 Å². The molecule has 10 rings (SSSR count). The SMILES string of the molecule is Cc1cc(N2CC[C@](C)(c3ccccc3)C2)cn2nc(C34CC(CO[Si](c5ccccc5)(c5ccccc5)C(C)(C)C)(CO3)C4c3nnn(C)n3)nc12. The molecular formula is C42H48N8O2Si. The van der Waals surface area contributed by atoms with Crippen molar-refractivity contribution in [2.24, 2.45) is 12.5 Å². The zero-order valence-electron chi connectivity index (χ0n) is 31.5. The van der Waals surface area contributed by atoms with Crippen LogP contribution in [0.2, 0.25) is 5.04 Å². The normalized spacial score (nSPS) is 25.6. The number of pyridine rings is 1. The van der Waals surface area contributed by atoms with E-state index in [-0.39, 0.29) is 21.8 Å². The summed E-state index contributed by atoms with van der Waals surface area (Å²) >= 11 is 0. The maximum Gasteiger partial charge on any atom is 0.261 e. The second-order valence-corrected chi connectivity index (χ2v) is 21.2. The fourth-order valence-corrected chi connectivity index (χ4v) is 14.4. The van der Waals surface area contributed by atoms with E-state index >= 15 is 0 Å². The molecule has 11 heteroatoms. The largest absolute Gasteiger partial charge is 0.407 e. The van der Waals surface area contributed by atoms with Crippen molar-refractivity contribution in [1.29, 1.82) is 0 Å². The highest BCUT2D eigenvalue weighted by Gasteiger charge is 2.75. The highest BCUT2D eigenvalue weighted by atomic mass is 28.4. The van der Waals surface area contributed by atoms with Gasteiger partial charge in [0.25, 0.3) is 8.32 Å². The van der Waals surface area contributed by atoms with Gasteiger partial charge in [-0.05, 0) is 57.6 Å². The molecule has 4 aliphatic rings. The van der Waals surface area contributed by atoms with E-state index in [1.165, 1.54) is 20.7 Å². The minimum atomic E-state index is -2.81. The van der Waals surface area contributed by atoms with E-state index in [1.54, 1.807) is 0 Å². The fraction of sp³-hybridized carbons (Fsp3) is 0.405. The third-order valence-corrected chi connectivity index (χ3v) is 17.4. The van der Waals surface area contributed by atoms with Crippen LogP contribution in [-0.2, 0) is 27.2 Å². The van der Waals surface area contributed by atoms with Crippen molar-refractivity contribution in [3.8, 4) is 0 Å². The quantitative estimate of drug-likeness (QED) is 0.175. The van der Waals surface area contributed by atoms with Crippen molar-refractivity contribution >= 4 is 30.0 Å². The molecule has 6 heterocycles. The Hall–Kier alpha value is -4.71. The van der Waals surface area contributed by atoms with E-state index in [2.05, 4.69) is 153 Å². The van der Waals surface area contributed by atoms with Crippen LogP contribution in [-0.4, -0.2) is 69.4 Å². The zero-order valence-corrected chi connectivity index (χ0v) is 32.5. The highest BCUT2D eigenvalue weighted by Crippen LogP contribution is 2.70. The van der Waals surface area contributed by atoms with Crippen LogP contribution in [0.3, 0.4) is 0 Å². The lowest BCUT2D eigenvalue weighted by Gasteiger charge is -2.52. The number of aryl methyl sites for hydroxylation is 2. The van der Waals surface area contributed by atoms with E-state index in [9.17, 15) is 0 Å². The Kier molecular flexibility index (Phi) is 7.82. The molecule has 10 nitrogen and oxygen atoms in total. The number of hydrogen-bond acceptors (Lipinski definition) is 8. The second-order valence-electron chi connectivity index (χ2n) is 16.9. The molecule has 0 spiro atoms. The average molecular weight is 725 g/mol. The number of anilines is 1. The summed E-state index contributed by atoms with van der Waals surface area (Å²) in [6.07, 6.45) is 3.94. The molecular weight excluding hydrogens is 677 g/mol. The van der Waals surface area contributed by atoms with Crippen LogP contribution < -0.4 is 15.3 Å². The Morgan fingerprint density at radius 1 is 0.925 bits per heavy atom. The summed E-state index contributed by atoms with van der Waals surface area (Å²) in [5, 5.41) is 21.2. The summed E-state index contributed by atoms with van der Waals surface area (Å²) in [6, 6.07) is 34.7. The van der Waals surface area contributed by atoms with Gasteiger partial charge in [0.15, 0.2) is 17.3 Å². The fourth-order valence-electron chi connectivity index (χ4n) is 9.73. The summed E-state index contributed by atoms with van der Waals surface area (Å²) < 4.78 is 16.4. The Morgan fingerprint density at radius 3 is 2.21 bits per heavy atom. The van der Waals surface area contributed by atoms with Crippen molar-refractivity contribution in [2.45, 2.75) is 69.4 Å². The summed E-state index contributed by atoms with van der Waals surface area (Å²) in [5.41, 5.74) is 3.41. The van der Waals surface area contributed by atoms with E-state index in [1.807, 2.05) is 11.6 Å². The summed E-state index contributed by atoms with van der Waals surface area (Å²) in [7, 11) is -1.000. The van der Waals surface area contributed by atoms with Gasteiger partial charge in [-0.25, -0.2) is 9.50 Å². The van der Waals surface area contributed by atoms with E-state index in [0.717, 1.165) is 36.4 Å². The summed E-state index contributed by atoms with van der Waals surface area (Å²) in [6.45, 7) is 14.4. The molecule has 1 aliphatic carbocycles. The van der Waals surface area contributed by atoms with Gasteiger partial charge in [-0.3, -0.25) is 0 Å². The van der Waals surface area contributed by atoms with Gasteiger partial charge in [0.05, 0.1) is 31.5 Å². The first-order valence-corrected chi connectivity index (χ1v) is 20.7. The topological polar surface area (TPSA) is 95.5 Å². The van der Waals surface area contributed by atoms with Gasteiger partial charge in [0.1, 0.15) is 5.60 Å². The molecule has 1 saturated carbocycles. The molecule has 3 unspecified atom stereocenters. The smallest absolute Gasteiger partial charge is 0.261 e. The number of tetrazole rings is 1. The summed E-state index contributed by atoms with van der Waals surface area (Å²) in [5.74, 6) is 1.10. The van der Waals surface area contributed by atoms with Crippen LogP contribution in [0.5, 0.6) is 0 Å². The van der Waals surface area contributed by atoms with Crippen LogP contribution in [0.1, 0.15) is 69.2 Å². The van der Waals surface area contributed by atoms with Crippen LogP contribution in [0.25, 0.3) is 5.65 Å². The molecule has 4 fully saturated rings. The second kappa shape index (κ2) is 12.2. The number of nitrogens with zero attached hydrogens (tertiary/aromatic N) is 8. The number of hydrogen-bond donors (Lipinski definition) is 0. The Bertz CT molecular complexity index is 2230. The molecule has 53 heavy (non-hydrogen) atoms. The van der Waals surface area contributed by atoms with Crippen LogP contribution >= 0.6 is 0 Å². The van der Waals surface area contributed by atoms with Crippen LogP contribution in [0.15, 0.2) is 103 Å². The summed E-state index contributed by atoms with van der Waals surface area (Å²) in [4.78, 5) is 9.21. The molecule has 0 amide bonds. The first-order chi connectivity index (χ1) is 25.5. The molecule has 3 aromatic heterocycles. The number of fused-ring (bicyclic) bond motifs is 2. The predicted molar refractivity (Wildman–Crippen MR) is 208 cm³/mol. The number of benzene rings is 3. The first-order valence-electron chi connectivity index (χ1n) is 18.8. The Labute approximate surface area is 312 Å². The third-order valence-electron chi connectivity index (χ3n) is 12.4. The van der Waals surface area contributed by atoms with Crippen LogP contribution in [0, 0.1) is 12.3 Å². The van der Waals surface area contributed by atoms with Gasteiger partial charge < -0.3 is 14.1 Å². The lowest BCUT2D eigenvalue weighted by Crippen LogP contribution is -2.68. The van der Waals surface area contributed by atoms with Gasteiger partial charge in [-0.1, -0.05) is 119 Å². The Morgan fingerprint density at radius 2 is 1.58 bits per heavy atom. The molecule has 2 bridgehead atoms. The molecule has 0 radical (unpaired) electrons. The lowest BCUT2D eigenvalue weighted by molar-refractivity contribution is -0.0696. The standard InChI is InChI=1S/C42H48N8O2Si/c1-30-24-32(49-23-22-40(5,27-49)31-16-10-7-11-17-31)25-50-37(30)43-38(46-50)42-26-41(28-51-42,35(42)36-44-47-48(6)45-36)29-52-53(39(2,3)4,33-18-12-8-13-19-33)34-20-14-9-15-21-34/h7-21,24-25,35H,22-23,26-29H2,1-6H3/t35?,40-,41?,42?/m0/s1. The van der Waals surface area contributed by atoms with Crippen molar-refractivity contribution < 1.29 is 9.16 Å². The zero-order chi connectivity index (χ0) is 36.6. The van der Waals surface area contributed by atoms with Crippen molar-refractivity contribution in [1.82, 2.24) is 34.8 Å². The highest BCUT2D eigenvalue weighted by molar-refractivity contribution is 6.99. The third kappa shape index (κ3) is 5.22. The van der Waals surface area contributed by atoms with Crippen molar-refractivity contribution in [3.63, 3.8) is 0 Å². The Balaban J connectivity index is 1.07. The van der Waals surface area contributed by atoms with Crippen molar-refractivity contribution in [3.05, 3.63) is 126 Å². The number of ether oxygens (including phenoxy) is 1. The van der Waals surface area contributed by atoms with Gasteiger partial charge in [-0.2, -0.15) is 4.80 Å². The molecule has 3 aliphatic heterocycles. The first kappa shape index (κ1) is 34.1. The molecule has 6 aromatic rings. The number of rotatable bonds is 9. The van der Waals surface area contributed by atoms with E-state index < -0.39 is 13.9 Å². The molecule has 272 valence electrons. The molecule has 0 N–H and O–H groups in total. The molecule has 4 atom stereocenters.